The fourth-order valence-electron chi connectivity index (χ4n) is 0.862. The fourth-order valence-corrected chi connectivity index (χ4v) is 1.03. The van der Waals surface area contributed by atoms with Crippen molar-refractivity contribution in [3.8, 4) is 5.75 Å². The molecule has 0 saturated heterocycles. The van der Waals surface area contributed by atoms with E-state index in [1.165, 1.54) is 0 Å². The normalized spacial score (nSPS) is 12.5. The van der Waals surface area contributed by atoms with Gasteiger partial charge in [-0.05, 0) is 19.1 Å². The number of hydrogen-bond acceptors (Lipinski definition) is 3. The third-order valence-electron chi connectivity index (χ3n) is 1.64. The Morgan fingerprint density at radius 1 is 1.54 bits per heavy atom. The number of anilines is 1. The number of halogens is 1. The summed E-state index contributed by atoms with van der Waals surface area (Å²) in [5, 5.41) is 0.502. The second-order valence-electron chi connectivity index (χ2n) is 2.85. The second kappa shape index (κ2) is 4.35. The molecular weight excluding hydrogens is 188 g/mol. The van der Waals surface area contributed by atoms with E-state index in [4.69, 9.17) is 27.8 Å². The minimum Gasteiger partial charge on any atom is -0.489 e. The Bertz CT molecular complexity index is 291. The first-order chi connectivity index (χ1) is 6.13. The predicted molar refractivity (Wildman–Crippen MR) is 55.0 cm³/mol. The molecule has 1 rings (SSSR count). The number of nitrogens with two attached hydrogens (primary N) is 2. The van der Waals surface area contributed by atoms with Crippen molar-refractivity contribution in [1.82, 2.24) is 0 Å². The van der Waals surface area contributed by atoms with Gasteiger partial charge in [0.1, 0.15) is 11.9 Å². The van der Waals surface area contributed by atoms with Gasteiger partial charge in [0, 0.05) is 12.6 Å². The van der Waals surface area contributed by atoms with E-state index in [-0.39, 0.29) is 6.10 Å². The molecule has 1 unspecified atom stereocenters. The standard InChI is InChI=1S/C9H13ClN2O/c1-6(5-11)13-7-2-3-9(12)8(10)4-7/h2-4,6H,5,11-12H2,1H3. The van der Waals surface area contributed by atoms with Crippen LogP contribution in [0.15, 0.2) is 18.2 Å². The number of ether oxygens (including phenoxy) is 1. The molecule has 0 aliphatic rings. The van der Waals surface area contributed by atoms with Gasteiger partial charge in [-0.25, -0.2) is 0 Å². The largest absolute Gasteiger partial charge is 0.489 e. The predicted octanol–water partition coefficient (Wildman–Crippen LogP) is 1.65. The van der Waals surface area contributed by atoms with E-state index in [2.05, 4.69) is 0 Å². The first-order valence-corrected chi connectivity index (χ1v) is 4.43. The molecule has 0 radical (unpaired) electrons. The quantitative estimate of drug-likeness (QED) is 0.730. The van der Waals surface area contributed by atoms with E-state index in [1.807, 2.05) is 6.92 Å². The van der Waals surface area contributed by atoms with E-state index in [1.54, 1.807) is 18.2 Å². The topological polar surface area (TPSA) is 61.3 Å². The zero-order chi connectivity index (χ0) is 9.84. The Balaban J connectivity index is 2.73. The molecule has 1 aromatic rings. The van der Waals surface area contributed by atoms with Crippen molar-refractivity contribution in [3.63, 3.8) is 0 Å². The van der Waals surface area contributed by atoms with Crippen LogP contribution in [0.5, 0.6) is 5.75 Å². The zero-order valence-electron chi connectivity index (χ0n) is 7.46. The SMILES string of the molecule is CC(CN)Oc1ccc(N)c(Cl)c1. The van der Waals surface area contributed by atoms with Crippen LogP contribution in [0.2, 0.25) is 5.02 Å². The average Bonchev–Trinajstić information content (AvgIpc) is 2.11. The average molecular weight is 201 g/mol. The second-order valence-corrected chi connectivity index (χ2v) is 3.25. The molecule has 0 saturated carbocycles. The third kappa shape index (κ3) is 2.79. The van der Waals surface area contributed by atoms with Crippen molar-refractivity contribution in [1.29, 1.82) is 0 Å². The minimum atomic E-state index is -0.0142. The van der Waals surface area contributed by atoms with Gasteiger partial charge in [0.05, 0.1) is 10.7 Å². The third-order valence-corrected chi connectivity index (χ3v) is 1.97. The van der Waals surface area contributed by atoms with Gasteiger partial charge in [0.15, 0.2) is 0 Å². The Morgan fingerprint density at radius 2 is 2.23 bits per heavy atom. The van der Waals surface area contributed by atoms with Crippen LogP contribution in [0.1, 0.15) is 6.92 Å². The number of nitrogen functional groups attached to an aromatic ring is 1. The van der Waals surface area contributed by atoms with E-state index < -0.39 is 0 Å². The van der Waals surface area contributed by atoms with Gasteiger partial charge in [0.2, 0.25) is 0 Å². The maximum absolute atomic E-state index is 5.80. The zero-order valence-corrected chi connectivity index (χ0v) is 8.21. The van der Waals surface area contributed by atoms with Gasteiger partial charge in [-0.2, -0.15) is 0 Å². The lowest BCUT2D eigenvalue weighted by atomic mass is 10.3. The molecule has 0 aromatic heterocycles. The lowest BCUT2D eigenvalue weighted by Gasteiger charge is -2.12. The highest BCUT2D eigenvalue weighted by Crippen LogP contribution is 2.24. The van der Waals surface area contributed by atoms with Gasteiger partial charge < -0.3 is 16.2 Å². The molecule has 0 spiro atoms. The molecule has 1 aromatic carbocycles. The maximum atomic E-state index is 5.80. The Hall–Kier alpha value is -0.930. The van der Waals surface area contributed by atoms with Crippen LogP contribution in [-0.4, -0.2) is 12.6 Å². The lowest BCUT2D eigenvalue weighted by Crippen LogP contribution is -2.22. The molecule has 4 N–H and O–H groups in total. The first-order valence-electron chi connectivity index (χ1n) is 4.05. The fraction of sp³-hybridized carbons (Fsp3) is 0.333. The molecule has 1 atom stereocenters. The molecule has 0 aliphatic heterocycles. The number of hydrogen-bond donors (Lipinski definition) is 2. The van der Waals surface area contributed by atoms with E-state index in [0.717, 1.165) is 0 Å². The van der Waals surface area contributed by atoms with Gasteiger partial charge >= 0.3 is 0 Å². The molecule has 0 aliphatic carbocycles. The van der Waals surface area contributed by atoms with Crippen LogP contribution in [0.4, 0.5) is 5.69 Å². The molecule has 0 bridgehead atoms. The van der Waals surface area contributed by atoms with Crippen LogP contribution >= 0.6 is 11.6 Å². The van der Waals surface area contributed by atoms with Crippen molar-refractivity contribution in [2.45, 2.75) is 13.0 Å². The summed E-state index contributed by atoms with van der Waals surface area (Å²) in [5.41, 5.74) is 11.5. The lowest BCUT2D eigenvalue weighted by molar-refractivity contribution is 0.230. The van der Waals surface area contributed by atoms with Crippen LogP contribution in [-0.2, 0) is 0 Å². The van der Waals surface area contributed by atoms with Gasteiger partial charge in [-0.3, -0.25) is 0 Å². The molecule has 0 fully saturated rings. The van der Waals surface area contributed by atoms with Crippen molar-refractivity contribution in [3.05, 3.63) is 23.2 Å². The van der Waals surface area contributed by atoms with Crippen LogP contribution in [0.3, 0.4) is 0 Å². The summed E-state index contributed by atoms with van der Waals surface area (Å²) >= 11 is 5.80. The summed E-state index contributed by atoms with van der Waals surface area (Å²) in [6, 6.07) is 5.16. The number of rotatable bonds is 3. The highest BCUT2D eigenvalue weighted by molar-refractivity contribution is 6.33. The highest BCUT2D eigenvalue weighted by Gasteiger charge is 2.03. The Morgan fingerprint density at radius 3 is 2.77 bits per heavy atom. The maximum Gasteiger partial charge on any atom is 0.121 e. The molecule has 4 heteroatoms. The Labute approximate surface area is 82.6 Å². The van der Waals surface area contributed by atoms with E-state index >= 15 is 0 Å². The summed E-state index contributed by atoms with van der Waals surface area (Å²) in [4.78, 5) is 0. The summed E-state index contributed by atoms with van der Waals surface area (Å²) in [6.07, 6.45) is -0.0142. The highest BCUT2D eigenvalue weighted by atomic mass is 35.5. The van der Waals surface area contributed by atoms with Crippen LogP contribution < -0.4 is 16.2 Å². The van der Waals surface area contributed by atoms with Crippen molar-refractivity contribution in [2.75, 3.05) is 12.3 Å². The van der Waals surface area contributed by atoms with Gasteiger partial charge in [0.25, 0.3) is 0 Å². The van der Waals surface area contributed by atoms with Gasteiger partial charge in [-0.1, -0.05) is 11.6 Å². The van der Waals surface area contributed by atoms with Crippen LogP contribution in [0, 0.1) is 0 Å². The molecule has 0 amide bonds. The summed E-state index contributed by atoms with van der Waals surface area (Å²) in [5.74, 6) is 0.692. The molecule has 0 heterocycles. The minimum absolute atomic E-state index is 0.0142. The molecule has 72 valence electrons. The van der Waals surface area contributed by atoms with Crippen LogP contribution in [0.25, 0.3) is 0 Å². The first kappa shape index (κ1) is 10.2. The Kier molecular flexibility index (Phi) is 3.39. The van der Waals surface area contributed by atoms with Crippen molar-refractivity contribution < 1.29 is 4.74 Å². The van der Waals surface area contributed by atoms with Gasteiger partial charge in [-0.15, -0.1) is 0 Å². The summed E-state index contributed by atoms with van der Waals surface area (Å²) in [7, 11) is 0. The van der Waals surface area contributed by atoms with E-state index in [9.17, 15) is 0 Å². The smallest absolute Gasteiger partial charge is 0.121 e. The van der Waals surface area contributed by atoms with Crippen molar-refractivity contribution >= 4 is 17.3 Å². The van der Waals surface area contributed by atoms with Crippen molar-refractivity contribution in [2.24, 2.45) is 5.73 Å². The molecular formula is C9H13ClN2O. The number of benzene rings is 1. The summed E-state index contributed by atoms with van der Waals surface area (Å²) in [6.45, 7) is 2.37. The molecule has 13 heavy (non-hydrogen) atoms. The van der Waals surface area contributed by atoms with E-state index in [0.29, 0.717) is 23.0 Å². The monoisotopic (exact) mass is 200 g/mol. The summed E-state index contributed by atoms with van der Waals surface area (Å²) < 4.78 is 5.43. The molecule has 3 nitrogen and oxygen atoms in total.